The summed E-state index contributed by atoms with van der Waals surface area (Å²) >= 11 is 0. The lowest BCUT2D eigenvalue weighted by molar-refractivity contribution is -0.120. The van der Waals surface area contributed by atoms with Crippen LogP contribution in [0, 0.1) is 0 Å². The molecule has 0 unspecified atom stereocenters. The van der Waals surface area contributed by atoms with E-state index in [9.17, 15) is 4.79 Å². The molecule has 6 nitrogen and oxygen atoms in total. The van der Waals surface area contributed by atoms with Crippen LogP contribution in [0.2, 0.25) is 0 Å². The average Bonchev–Trinajstić information content (AvgIpc) is 3.25. The molecule has 2 fully saturated rings. The monoisotopic (exact) mass is 261 g/mol. The molecule has 1 aliphatic carbocycles. The molecular weight excluding hydrogens is 242 g/mol. The fourth-order valence-corrected chi connectivity index (χ4v) is 2.12. The lowest BCUT2D eigenvalue weighted by Gasteiger charge is -2.19. The Balaban J connectivity index is 1.58. The minimum atomic E-state index is 0.104. The van der Waals surface area contributed by atoms with Gasteiger partial charge in [-0.15, -0.1) is 0 Å². The summed E-state index contributed by atoms with van der Waals surface area (Å²) in [6, 6.07) is 0.697. The second-order valence-electron chi connectivity index (χ2n) is 5.13. The molecule has 19 heavy (non-hydrogen) atoms. The maximum absolute atomic E-state index is 11.3. The number of aromatic nitrogens is 2. The number of anilines is 1. The number of hydrogen-bond acceptors (Lipinski definition) is 5. The van der Waals surface area contributed by atoms with Crippen molar-refractivity contribution in [2.75, 3.05) is 24.5 Å². The Bertz CT molecular complexity index is 443. The Hall–Kier alpha value is -1.69. The highest BCUT2D eigenvalue weighted by Crippen LogP contribution is 2.19. The molecule has 1 aromatic heterocycles. The first-order valence-electron chi connectivity index (χ1n) is 6.87. The zero-order valence-corrected chi connectivity index (χ0v) is 10.9. The van der Waals surface area contributed by atoms with Crippen molar-refractivity contribution in [1.82, 2.24) is 20.6 Å². The van der Waals surface area contributed by atoms with Gasteiger partial charge in [0, 0.05) is 56.6 Å². The summed E-state index contributed by atoms with van der Waals surface area (Å²) in [7, 11) is 0. The Morgan fingerprint density at radius 3 is 2.84 bits per heavy atom. The summed E-state index contributed by atoms with van der Waals surface area (Å²) in [6.45, 7) is 2.95. The number of nitrogens with zero attached hydrogens (tertiary/aromatic N) is 3. The largest absolute Gasteiger partial charge is 0.354 e. The van der Waals surface area contributed by atoms with E-state index in [0.717, 1.165) is 18.7 Å². The van der Waals surface area contributed by atoms with Gasteiger partial charge in [-0.3, -0.25) is 4.79 Å². The molecule has 102 valence electrons. The predicted octanol–water partition coefficient (Wildman–Crippen LogP) is 0.0549. The molecule has 0 bridgehead atoms. The number of hydrogen-bond donors (Lipinski definition) is 2. The Morgan fingerprint density at radius 2 is 2.11 bits per heavy atom. The van der Waals surface area contributed by atoms with Gasteiger partial charge in [0.05, 0.1) is 0 Å². The zero-order chi connectivity index (χ0) is 13.1. The van der Waals surface area contributed by atoms with Gasteiger partial charge >= 0.3 is 0 Å². The van der Waals surface area contributed by atoms with E-state index < -0.39 is 0 Å². The van der Waals surface area contributed by atoms with E-state index in [4.69, 9.17) is 0 Å². The highest BCUT2D eigenvalue weighted by Gasteiger charge is 2.20. The van der Waals surface area contributed by atoms with E-state index in [2.05, 4.69) is 25.5 Å². The lowest BCUT2D eigenvalue weighted by atomic mass is 10.3. The van der Waals surface area contributed by atoms with E-state index in [1.54, 1.807) is 0 Å². The van der Waals surface area contributed by atoms with E-state index >= 15 is 0 Å². The third kappa shape index (κ3) is 3.41. The van der Waals surface area contributed by atoms with E-state index in [-0.39, 0.29) is 5.91 Å². The van der Waals surface area contributed by atoms with Crippen LogP contribution in [0.1, 0.15) is 24.8 Å². The van der Waals surface area contributed by atoms with Gasteiger partial charge in [-0.2, -0.15) is 0 Å². The molecule has 0 aromatic carbocycles. The highest BCUT2D eigenvalue weighted by atomic mass is 16.1. The first-order chi connectivity index (χ1) is 9.31. The molecule has 1 aliphatic heterocycles. The van der Waals surface area contributed by atoms with Crippen LogP contribution in [-0.4, -0.2) is 41.6 Å². The Labute approximate surface area is 112 Å². The van der Waals surface area contributed by atoms with Gasteiger partial charge in [-0.1, -0.05) is 0 Å². The number of nitrogens with one attached hydrogen (secondary N) is 2. The van der Waals surface area contributed by atoms with Gasteiger partial charge in [0.15, 0.2) is 0 Å². The predicted molar refractivity (Wildman–Crippen MR) is 71.7 cm³/mol. The van der Waals surface area contributed by atoms with Crippen molar-refractivity contribution >= 4 is 11.9 Å². The van der Waals surface area contributed by atoms with Gasteiger partial charge < -0.3 is 15.5 Å². The van der Waals surface area contributed by atoms with Crippen molar-refractivity contribution in [3.63, 3.8) is 0 Å². The number of amides is 1. The third-order valence-electron chi connectivity index (χ3n) is 3.46. The van der Waals surface area contributed by atoms with Gasteiger partial charge in [-0.25, -0.2) is 9.97 Å². The van der Waals surface area contributed by atoms with E-state index in [1.807, 2.05) is 12.4 Å². The molecule has 3 rings (SSSR count). The maximum atomic E-state index is 11.3. The van der Waals surface area contributed by atoms with Crippen LogP contribution in [0.5, 0.6) is 0 Å². The van der Waals surface area contributed by atoms with Crippen LogP contribution in [0.4, 0.5) is 5.95 Å². The lowest BCUT2D eigenvalue weighted by Crippen LogP contribution is -2.29. The molecule has 1 amide bonds. The fourth-order valence-electron chi connectivity index (χ4n) is 2.12. The van der Waals surface area contributed by atoms with Crippen LogP contribution < -0.4 is 15.5 Å². The highest BCUT2D eigenvalue weighted by molar-refractivity contribution is 5.76. The first-order valence-corrected chi connectivity index (χ1v) is 6.87. The molecule has 6 heteroatoms. The standard InChI is InChI=1S/C13H19N5O/c19-12-3-5-18(6-4-14-12)13-16-8-10(9-17-13)7-15-11-1-2-11/h8-9,11,15H,1-7H2,(H,14,19). The third-order valence-corrected chi connectivity index (χ3v) is 3.46. The topological polar surface area (TPSA) is 70.2 Å². The summed E-state index contributed by atoms with van der Waals surface area (Å²) < 4.78 is 0. The van der Waals surface area contributed by atoms with Crippen molar-refractivity contribution in [3.05, 3.63) is 18.0 Å². The Kier molecular flexibility index (Phi) is 3.59. The normalized spacial score (nSPS) is 20.0. The molecule has 0 spiro atoms. The molecule has 2 N–H and O–H groups in total. The van der Waals surface area contributed by atoms with Crippen LogP contribution in [-0.2, 0) is 11.3 Å². The molecular formula is C13H19N5O. The molecule has 2 heterocycles. The van der Waals surface area contributed by atoms with Crippen LogP contribution in [0.15, 0.2) is 12.4 Å². The number of rotatable bonds is 4. The summed E-state index contributed by atoms with van der Waals surface area (Å²) in [5.74, 6) is 0.819. The van der Waals surface area contributed by atoms with Crippen molar-refractivity contribution in [2.45, 2.75) is 31.8 Å². The quantitative estimate of drug-likeness (QED) is 0.802. The summed E-state index contributed by atoms with van der Waals surface area (Å²) in [4.78, 5) is 22.1. The van der Waals surface area contributed by atoms with Gasteiger partial charge in [0.1, 0.15) is 0 Å². The molecule has 1 aromatic rings. The van der Waals surface area contributed by atoms with Crippen molar-refractivity contribution in [2.24, 2.45) is 0 Å². The van der Waals surface area contributed by atoms with Gasteiger partial charge in [0.25, 0.3) is 0 Å². The number of carbonyl (C=O) groups excluding carboxylic acids is 1. The summed E-state index contributed by atoms with van der Waals surface area (Å²) in [5.41, 5.74) is 1.11. The minimum absolute atomic E-state index is 0.104. The number of carbonyl (C=O) groups is 1. The first kappa shape index (κ1) is 12.3. The second kappa shape index (κ2) is 5.52. The second-order valence-corrected chi connectivity index (χ2v) is 5.13. The summed E-state index contributed by atoms with van der Waals surface area (Å²) in [5, 5.41) is 6.29. The molecule has 2 aliphatic rings. The van der Waals surface area contributed by atoms with E-state index in [1.165, 1.54) is 12.8 Å². The fraction of sp³-hybridized carbons (Fsp3) is 0.615. The SMILES string of the molecule is O=C1CCN(c2ncc(CNC3CC3)cn2)CCN1. The average molecular weight is 261 g/mol. The zero-order valence-electron chi connectivity index (χ0n) is 10.9. The van der Waals surface area contributed by atoms with Gasteiger partial charge in [0.2, 0.25) is 11.9 Å². The molecule has 0 atom stereocenters. The summed E-state index contributed by atoms with van der Waals surface area (Å²) in [6.07, 6.45) is 6.82. The molecule has 1 saturated heterocycles. The molecule has 1 saturated carbocycles. The molecule has 0 radical (unpaired) electrons. The van der Waals surface area contributed by atoms with Crippen molar-refractivity contribution in [3.8, 4) is 0 Å². The van der Waals surface area contributed by atoms with Crippen molar-refractivity contribution < 1.29 is 4.79 Å². The van der Waals surface area contributed by atoms with E-state index in [0.29, 0.717) is 31.5 Å². The van der Waals surface area contributed by atoms with Gasteiger partial charge in [-0.05, 0) is 12.8 Å². The van der Waals surface area contributed by atoms with Crippen molar-refractivity contribution in [1.29, 1.82) is 0 Å². The minimum Gasteiger partial charge on any atom is -0.354 e. The Morgan fingerprint density at radius 1 is 1.32 bits per heavy atom. The smallest absolute Gasteiger partial charge is 0.225 e. The van der Waals surface area contributed by atoms with Crippen LogP contribution >= 0.6 is 0 Å². The maximum Gasteiger partial charge on any atom is 0.225 e. The van der Waals surface area contributed by atoms with Crippen LogP contribution in [0.25, 0.3) is 0 Å². The van der Waals surface area contributed by atoms with Crippen LogP contribution in [0.3, 0.4) is 0 Å².